The number of carbonyl (C=O) groups is 1. The van der Waals surface area contributed by atoms with E-state index in [2.05, 4.69) is 0 Å². The Kier molecular flexibility index (Phi) is 7.54. The van der Waals surface area contributed by atoms with Crippen LogP contribution in [0.4, 0.5) is 27.5 Å². The van der Waals surface area contributed by atoms with Gasteiger partial charge >= 0.3 is 6.16 Å². The molecule has 0 saturated carbocycles. The first-order chi connectivity index (χ1) is 9.31. The summed E-state index contributed by atoms with van der Waals surface area (Å²) in [5.41, 5.74) is 24.5. The fraction of sp³-hybridized carbons (Fsp3) is 0. The number of benzene rings is 2. The molecule has 2 rings (SSSR count). The number of nitrogens with two attached hydrogens (primary N) is 4. The van der Waals surface area contributed by atoms with Gasteiger partial charge in [-0.3, -0.25) is 0 Å². The Bertz CT molecular complexity index is 423. The SMILES string of the molecule is Nc1ccc(N)cc1.Nc1ccc(N)cc1.O=C(O)O. The normalized spacial score (nSPS) is 8.40. The predicted molar refractivity (Wildman–Crippen MR) is 81.2 cm³/mol. The topological polar surface area (TPSA) is 162 Å². The molecule has 0 aliphatic rings. The van der Waals surface area contributed by atoms with Gasteiger partial charge in [-0.2, -0.15) is 0 Å². The molecule has 0 amide bonds. The molecular formula is C13H18N4O3. The summed E-state index contributed by atoms with van der Waals surface area (Å²) in [6, 6.07) is 14.2. The smallest absolute Gasteiger partial charge is 0.450 e. The molecular weight excluding hydrogens is 260 g/mol. The standard InChI is InChI=1S/2C6H8N2.CH2O3/c2*7-5-1-2-6(8)4-3-5;2-1(3)4/h2*1-4H,7-8H2;(H2,2,3,4). The Balaban J connectivity index is 0.000000289. The van der Waals surface area contributed by atoms with E-state index in [1.807, 2.05) is 0 Å². The van der Waals surface area contributed by atoms with Crippen molar-refractivity contribution in [3.63, 3.8) is 0 Å². The van der Waals surface area contributed by atoms with Crippen LogP contribution >= 0.6 is 0 Å². The van der Waals surface area contributed by atoms with Gasteiger partial charge in [-0.05, 0) is 48.5 Å². The Labute approximate surface area is 116 Å². The average molecular weight is 278 g/mol. The fourth-order valence-electron chi connectivity index (χ4n) is 0.992. The van der Waals surface area contributed by atoms with Crippen molar-refractivity contribution < 1.29 is 15.0 Å². The molecule has 0 aliphatic heterocycles. The maximum atomic E-state index is 8.56. The predicted octanol–water partition coefficient (Wildman–Crippen LogP) is 1.92. The van der Waals surface area contributed by atoms with Crippen LogP contribution in [0, 0.1) is 0 Å². The van der Waals surface area contributed by atoms with Crippen LogP contribution in [-0.2, 0) is 0 Å². The molecule has 0 atom stereocenters. The summed E-state index contributed by atoms with van der Waals surface area (Å²) < 4.78 is 0. The van der Waals surface area contributed by atoms with Crippen molar-refractivity contribution >= 4 is 28.9 Å². The monoisotopic (exact) mass is 278 g/mol. The maximum absolute atomic E-state index is 8.56. The fourth-order valence-corrected chi connectivity index (χ4v) is 0.992. The molecule has 2 aromatic rings. The number of carboxylic acid groups (broad SMARTS) is 2. The molecule has 0 saturated heterocycles. The van der Waals surface area contributed by atoms with Crippen LogP contribution in [-0.4, -0.2) is 16.4 Å². The van der Waals surface area contributed by atoms with Crippen molar-refractivity contribution in [2.45, 2.75) is 0 Å². The molecule has 2 aromatic carbocycles. The first kappa shape index (κ1) is 16.9. The van der Waals surface area contributed by atoms with E-state index in [9.17, 15) is 0 Å². The highest BCUT2D eigenvalue weighted by atomic mass is 16.6. The average Bonchev–Trinajstić information content (AvgIpc) is 2.37. The maximum Gasteiger partial charge on any atom is 0.503 e. The molecule has 0 aromatic heterocycles. The molecule has 0 aliphatic carbocycles. The van der Waals surface area contributed by atoms with Gasteiger partial charge in [0.15, 0.2) is 0 Å². The van der Waals surface area contributed by atoms with Gasteiger partial charge in [0, 0.05) is 22.7 Å². The highest BCUT2D eigenvalue weighted by Gasteiger charge is 1.81. The van der Waals surface area contributed by atoms with E-state index in [1.165, 1.54) is 0 Å². The number of anilines is 4. The summed E-state index contributed by atoms with van der Waals surface area (Å²) in [6.45, 7) is 0. The van der Waals surface area contributed by atoms with Gasteiger partial charge in [-0.1, -0.05) is 0 Å². The molecule has 0 fully saturated rings. The zero-order chi connectivity index (χ0) is 15.5. The van der Waals surface area contributed by atoms with E-state index in [4.69, 9.17) is 37.9 Å². The van der Waals surface area contributed by atoms with Crippen LogP contribution in [0.1, 0.15) is 0 Å². The van der Waals surface area contributed by atoms with Crippen LogP contribution in [0.25, 0.3) is 0 Å². The third-order valence-corrected chi connectivity index (χ3v) is 1.87. The summed E-state index contributed by atoms with van der Waals surface area (Å²) in [4.78, 5) is 8.56. The van der Waals surface area contributed by atoms with Gasteiger partial charge < -0.3 is 33.1 Å². The second-order valence-corrected chi connectivity index (χ2v) is 3.62. The molecule has 7 heteroatoms. The van der Waals surface area contributed by atoms with Crippen molar-refractivity contribution in [1.29, 1.82) is 0 Å². The molecule has 0 spiro atoms. The summed E-state index contributed by atoms with van der Waals surface area (Å²) in [7, 11) is 0. The minimum Gasteiger partial charge on any atom is -0.450 e. The van der Waals surface area contributed by atoms with Gasteiger partial charge in [0.25, 0.3) is 0 Å². The second kappa shape index (κ2) is 8.92. The van der Waals surface area contributed by atoms with Gasteiger partial charge in [0.05, 0.1) is 0 Å². The van der Waals surface area contributed by atoms with Crippen LogP contribution in [0.2, 0.25) is 0 Å². The van der Waals surface area contributed by atoms with Crippen molar-refractivity contribution in [1.82, 2.24) is 0 Å². The zero-order valence-corrected chi connectivity index (χ0v) is 10.7. The lowest BCUT2D eigenvalue weighted by atomic mass is 10.3. The largest absolute Gasteiger partial charge is 0.503 e. The second-order valence-electron chi connectivity index (χ2n) is 3.62. The van der Waals surface area contributed by atoms with Crippen LogP contribution in [0.3, 0.4) is 0 Å². The molecule has 10 N–H and O–H groups in total. The van der Waals surface area contributed by atoms with Crippen LogP contribution in [0.15, 0.2) is 48.5 Å². The third kappa shape index (κ3) is 10.1. The summed E-state index contributed by atoms with van der Waals surface area (Å²) in [5, 5.41) is 13.9. The molecule has 0 bridgehead atoms. The van der Waals surface area contributed by atoms with Gasteiger partial charge in [0.1, 0.15) is 0 Å². The first-order valence-electron chi connectivity index (χ1n) is 5.45. The Morgan fingerprint density at radius 2 is 0.700 bits per heavy atom. The van der Waals surface area contributed by atoms with E-state index in [0.717, 1.165) is 22.7 Å². The van der Waals surface area contributed by atoms with E-state index < -0.39 is 6.16 Å². The van der Waals surface area contributed by atoms with Crippen LogP contribution < -0.4 is 22.9 Å². The van der Waals surface area contributed by atoms with E-state index in [-0.39, 0.29) is 0 Å². The first-order valence-corrected chi connectivity index (χ1v) is 5.45. The van der Waals surface area contributed by atoms with Crippen molar-refractivity contribution in [2.75, 3.05) is 22.9 Å². The molecule has 0 radical (unpaired) electrons. The molecule has 108 valence electrons. The quantitative estimate of drug-likeness (QED) is 0.401. The third-order valence-electron chi connectivity index (χ3n) is 1.87. The minimum atomic E-state index is -1.83. The van der Waals surface area contributed by atoms with Crippen molar-refractivity contribution in [3.05, 3.63) is 48.5 Å². The number of hydrogen-bond acceptors (Lipinski definition) is 5. The lowest BCUT2D eigenvalue weighted by Crippen LogP contribution is -1.86. The van der Waals surface area contributed by atoms with Gasteiger partial charge in [-0.15, -0.1) is 0 Å². The van der Waals surface area contributed by atoms with Crippen molar-refractivity contribution in [3.8, 4) is 0 Å². The lowest BCUT2D eigenvalue weighted by molar-refractivity contribution is 0.137. The number of nitrogen functional groups attached to an aromatic ring is 4. The van der Waals surface area contributed by atoms with Crippen LogP contribution in [0.5, 0.6) is 0 Å². The van der Waals surface area contributed by atoms with E-state index in [0.29, 0.717) is 0 Å². The highest BCUT2D eigenvalue weighted by Crippen LogP contribution is 2.05. The highest BCUT2D eigenvalue weighted by molar-refractivity contribution is 5.53. The van der Waals surface area contributed by atoms with Gasteiger partial charge in [-0.25, -0.2) is 4.79 Å². The Morgan fingerprint density at radius 3 is 0.800 bits per heavy atom. The summed E-state index contributed by atoms with van der Waals surface area (Å²) in [5.74, 6) is 0. The summed E-state index contributed by atoms with van der Waals surface area (Å²) >= 11 is 0. The lowest BCUT2D eigenvalue weighted by Gasteiger charge is -1.90. The molecule has 7 nitrogen and oxygen atoms in total. The number of rotatable bonds is 0. The zero-order valence-electron chi connectivity index (χ0n) is 10.7. The molecule has 0 heterocycles. The van der Waals surface area contributed by atoms with E-state index >= 15 is 0 Å². The molecule has 0 unspecified atom stereocenters. The Morgan fingerprint density at radius 1 is 0.600 bits per heavy atom. The van der Waals surface area contributed by atoms with Gasteiger partial charge in [0.2, 0.25) is 0 Å². The minimum absolute atomic E-state index is 0.749. The molecule has 20 heavy (non-hydrogen) atoms. The number of hydrogen-bond donors (Lipinski definition) is 6. The van der Waals surface area contributed by atoms with E-state index in [1.54, 1.807) is 48.5 Å². The Hall–Kier alpha value is -3.09. The van der Waals surface area contributed by atoms with Crippen molar-refractivity contribution in [2.24, 2.45) is 0 Å². The summed E-state index contributed by atoms with van der Waals surface area (Å²) in [6.07, 6.45) is -1.83.